The summed E-state index contributed by atoms with van der Waals surface area (Å²) in [5.41, 5.74) is 0.490. The van der Waals surface area contributed by atoms with Crippen LogP contribution in [0.4, 0.5) is 0 Å². The minimum Gasteiger partial charge on any atom is -0.394 e. The Labute approximate surface area is 138 Å². The van der Waals surface area contributed by atoms with Crippen molar-refractivity contribution in [2.45, 2.75) is 26.3 Å². The maximum absolute atomic E-state index is 12.1. The Morgan fingerprint density at radius 1 is 1.41 bits per heavy atom. The van der Waals surface area contributed by atoms with Crippen LogP contribution >= 0.6 is 23.2 Å². The SMILES string of the molecule is CCc1nc(C(=O)NC(C)CO)nn1-c1c(Cl)cccc1Cl. The van der Waals surface area contributed by atoms with Crippen LogP contribution in [-0.2, 0) is 6.42 Å². The first-order valence-corrected chi connectivity index (χ1v) is 7.55. The fourth-order valence-electron chi connectivity index (χ4n) is 1.87. The first kappa shape index (κ1) is 16.7. The molecule has 1 aromatic heterocycles. The molecule has 0 fully saturated rings. The van der Waals surface area contributed by atoms with E-state index >= 15 is 0 Å². The average molecular weight is 343 g/mol. The van der Waals surface area contributed by atoms with Crippen molar-refractivity contribution >= 4 is 29.1 Å². The van der Waals surface area contributed by atoms with Crippen LogP contribution in [0.25, 0.3) is 5.69 Å². The minimum atomic E-state index is -0.460. The first-order valence-electron chi connectivity index (χ1n) is 6.80. The van der Waals surface area contributed by atoms with E-state index in [1.165, 1.54) is 4.68 Å². The van der Waals surface area contributed by atoms with Gasteiger partial charge in [0, 0.05) is 12.5 Å². The molecule has 8 heteroatoms. The molecule has 0 saturated heterocycles. The van der Waals surface area contributed by atoms with Gasteiger partial charge in [-0.1, -0.05) is 36.2 Å². The van der Waals surface area contributed by atoms with E-state index in [-0.39, 0.29) is 18.5 Å². The zero-order valence-electron chi connectivity index (χ0n) is 12.2. The van der Waals surface area contributed by atoms with Crippen LogP contribution in [0, 0.1) is 0 Å². The van der Waals surface area contributed by atoms with Gasteiger partial charge in [-0.15, -0.1) is 5.10 Å². The number of rotatable bonds is 5. The number of carbonyl (C=O) groups excluding carboxylic acids is 1. The molecule has 118 valence electrons. The number of para-hydroxylation sites is 1. The summed E-state index contributed by atoms with van der Waals surface area (Å²) in [7, 11) is 0. The molecule has 1 atom stereocenters. The van der Waals surface area contributed by atoms with Gasteiger partial charge >= 0.3 is 0 Å². The van der Waals surface area contributed by atoms with E-state index in [4.69, 9.17) is 28.3 Å². The summed E-state index contributed by atoms with van der Waals surface area (Å²) in [6.45, 7) is 3.41. The van der Waals surface area contributed by atoms with E-state index in [0.717, 1.165) is 0 Å². The Hall–Kier alpha value is -1.63. The van der Waals surface area contributed by atoms with E-state index in [1.807, 2.05) is 6.92 Å². The molecule has 1 amide bonds. The number of nitrogens with zero attached hydrogens (tertiary/aromatic N) is 3. The second kappa shape index (κ2) is 7.09. The highest BCUT2D eigenvalue weighted by Gasteiger charge is 2.20. The maximum Gasteiger partial charge on any atom is 0.291 e. The monoisotopic (exact) mass is 342 g/mol. The number of carbonyl (C=O) groups is 1. The highest BCUT2D eigenvalue weighted by molar-refractivity contribution is 6.37. The van der Waals surface area contributed by atoms with Crippen molar-refractivity contribution in [2.75, 3.05) is 6.61 Å². The number of aliphatic hydroxyl groups is 1. The van der Waals surface area contributed by atoms with Crippen LogP contribution < -0.4 is 5.32 Å². The van der Waals surface area contributed by atoms with Crippen molar-refractivity contribution < 1.29 is 9.90 Å². The minimum absolute atomic E-state index is 0.00753. The van der Waals surface area contributed by atoms with Crippen LogP contribution in [0.3, 0.4) is 0 Å². The number of aromatic nitrogens is 3. The topological polar surface area (TPSA) is 80.0 Å². The Bertz CT molecular complexity index is 667. The third-order valence-corrected chi connectivity index (χ3v) is 3.60. The zero-order chi connectivity index (χ0) is 16.3. The highest BCUT2D eigenvalue weighted by Crippen LogP contribution is 2.28. The largest absolute Gasteiger partial charge is 0.394 e. The van der Waals surface area contributed by atoms with Crippen molar-refractivity contribution in [1.82, 2.24) is 20.1 Å². The summed E-state index contributed by atoms with van der Waals surface area (Å²) in [6.07, 6.45) is 0.553. The lowest BCUT2D eigenvalue weighted by Crippen LogP contribution is -2.35. The smallest absolute Gasteiger partial charge is 0.291 e. The number of aryl methyl sites for hydroxylation is 1. The number of aliphatic hydroxyl groups excluding tert-OH is 1. The lowest BCUT2D eigenvalue weighted by atomic mass is 10.3. The molecular formula is C14H16Cl2N4O2. The number of hydrogen-bond acceptors (Lipinski definition) is 4. The van der Waals surface area contributed by atoms with Gasteiger partial charge in [-0.25, -0.2) is 9.67 Å². The first-order chi connectivity index (χ1) is 10.5. The summed E-state index contributed by atoms with van der Waals surface area (Å²) in [4.78, 5) is 16.3. The number of benzene rings is 1. The lowest BCUT2D eigenvalue weighted by Gasteiger charge is -2.09. The molecule has 0 aliphatic heterocycles. The Balaban J connectivity index is 2.44. The van der Waals surface area contributed by atoms with Crippen molar-refractivity contribution in [3.05, 3.63) is 39.9 Å². The van der Waals surface area contributed by atoms with Gasteiger partial charge < -0.3 is 10.4 Å². The van der Waals surface area contributed by atoms with Crippen LogP contribution in [0.15, 0.2) is 18.2 Å². The van der Waals surface area contributed by atoms with Gasteiger partial charge in [0.15, 0.2) is 0 Å². The van der Waals surface area contributed by atoms with Crippen molar-refractivity contribution in [2.24, 2.45) is 0 Å². The van der Waals surface area contributed by atoms with E-state index < -0.39 is 5.91 Å². The highest BCUT2D eigenvalue weighted by atomic mass is 35.5. The fourth-order valence-corrected chi connectivity index (χ4v) is 2.43. The molecule has 22 heavy (non-hydrogen) atoms. The lowest BCUT2D eigenvalue weighted by molar-refractivity contribution is 0.0912. The fraction of sp³-hybridized carbons (Fsp3) is 0.357. The second-order valence-corrected chi connectivity index (χ2v) is 5.56. The molecule has 0 bridgehead atoms. The summed E-state index contributed by atoms with van der Waals surface area (Å²) >= 11 is 12.4. The molecule has 0 aliphatic carbocycles. The van der Waals surface area contributed by atoms with E-state index in [2.05, 4.69) is 15.4 Å². The van der Waals surface area contributed by atoms with Crippen LogP contribution in [-0.4, -0.2) is 38.4 Å². The molecule has 2 rings (SSSR count). The van der Waals surface area contributed by atoms with Gasteiger partial charge in [0.25, 0.3) is 5.91 Å². The average Bonchev–Trinajstić information content (AvgIpc) is 2.91. The number of hydrogen-bond donors (Lipinski definition) is 2. The van der Waals surface area contributed by atoms with E-state index in [0.29, 0.717) is 28.0 Å². The van der Waals surface area contributed by atoms with E-state index in [1.54, 1.807) is 25.1 Å². The predicted molar refractivity (Wildman–Crippen MR) is 84.8 cm³/mol. The van der Waals surface area contributed by atoms with Crippen LogP contribution in [0.1, 0.15) is 30.3 Å². The second-order valence-electron chi connectivity index (χ2n) is 4.74. The summed E-state index contributed by atoms with van der Waals surface area (Å²) in [6, 6.07) is 4.73. The number of nitrogens with one attached hydrogen (secondary N) is 1. The number of halogens is 2. The normalized spacial score (nSPS) is 12.2. The quantitative estimate of drug-likeness (QED) is 0.873. The molecule has 1 unspecified atom stereocenters. The summed E-state index contributed by atoms with van der Waals surface area (Å²) < 4.78 is 1.48. The number of amides is 1. The van der Waals surface area contributed by atoms with E-state index in [9.17, 15) is 4.79 Å². The van der Waals surface area contributed by atoms with Crippen LogP contribution in [0.5, 0.6) is 0 Å². The molecule has 0 spiro atoms. The maximum atomic E-state index is 12.1. The summed E-state index contributed by atoms with van der Waals surface area (Å²) in [5.74, 6) is 0.114. The predicted octanol–water partition coefficient (Wildman–Crippen LogP) is 2.25. The molecule has 2 N–H and O–H groups in total. The standard InChI is InChI=1S/C14H16Cl2N4O2/c1-3-11-18-13(14(22)17-8(2)7-21)19-20(11)12-9(15)5-4-6-10(12)16/h4-6,8,21H,3,7H2,1-2H3,(H,17,22). The third-order valence-electron chi connectivity index (χ3n) is 2.99. The molecule has 1 heterocycles. The molecule has 0 saturated carbocycles. The zero-order valence-corrected chi connectivity index (χ0v) is 13.7. The van der Waals surface area contributed by atoms with Gasteiger partial charge in [0.05, 0.1) is 16.7 Å². The molecule has 2 aromatic rings. The summed E-state index contributed by atoms with van der Waals surface area (Å²) in [5, 5.41) is 16.6. The van der Waals surface area contributed by atoms with Crippen molar-refractivity contribution in [3.8, 4) is 5.69 Å². The van der Waals surface area contributed by atoms with Crippen molar-refractivity contribution in [3.63, 3.8) is 0 Å². The molecule has 1 aromatic carbocycles. The van der Waals surface area contributed by atoms with Gasteiger partial charge in [0.2, 0.25) is 5.82 Å². The van der Waals surface area contributed by atoms with Crippen LogP contribution in [0.2, 0.25) is 10.0 Å². The molecule has 6 nitrogen and oxygen atoms in total. The third kappa shape index (κ3) is 3.40. The molecule has 0 aliphatic rings. The van der Waals surface area contributed by atoms with Crippen molar-refractivity contribution in [1.29, 1.82) is 0 Å². The Morgan fingerprint density at radius 3 is 2.59 bits per heavy atom. The van der Waals surface area contributed by atoms with Gasteiger partial charge in [-0.3, -0.25) is 4.79 Å². The van der Waals surface area contributed by atoms with Gasteiger partial charge in [-0.2, -0.15) is 0 Å². The Kier molecular flexibility index (Phi) is 5.39. The van der Waals surface area contributed by atoms with Gasteiger partial charge in [0.1, 0.15) is 11.5 Å². The van der Waals surface area contributed by atoms with Gasteiger partial charge in [-0.05, 0) is 19.1 Å². The Morgan fingerprint density at radius 2 is 2.05 bits per heavy atom. The molecular weight excluding hydrogens is 327 g/mol. The molecule has 0 radical (unpaired) electrons.